The Kier molecular flexibility index (Phi) is 9.48. The van der Waals surface area contributed by atoms with Gasteiger partial charge in [-0.3, -0.25) is 5.32 Å². The summed E-state index contributed by atoms with van der Waals surface area (Å²) in [6, 6.07) is 0. The number of nitrogens with one attached hydrogen (secondary N) is 1. The van der Waals surface area contributed by atoms with Crippen LogP contribution in [0.3, 0.4) is 0 Å². The monoisotopic (exact) mass is 444 g/mol. The first-order valence-electron chi connectivity index (χ1n) is 8.56. The van der Waals surface area contributed by atoms with Crippen LogP contribution in [-0.2, 0) is 14.2 Å². The third-order valence-corrected chi connectivity index (χ3v) is 4.03. The van der Waals surface area contributed by atoms with Gasteiger partial charge in [-0.05, 0) is 34.6 Å². The van der Waals surface area contributed by atoms with Crippen molar-refractivity contribution < 1.29 is 28.6 Å². The largest absolute Gasteiger partial charge is 0.461 e. The molecule has 2 aromatic heterocycles. The number of rotatable bonds is 5. The number of aromatic nitrogens is 2. The van der Waals surface area contributed by atoms with E-state index in [9.17, 15) is 14.4 Å². The number of nitrogens with two attached hydrogens (primary N) is 1. The van der Waals surface area contributed by atoms with E-state index in [0.717, 1.165) is 11.3 Å². The molecule has 2 rings (SSSR count). The fourth-order valence-corrected chi connectivity index (χ4v) is 2.81. The van der Waals surface area contributed by atoms with Gasteiger partial charge >= 0.3 is 18.0 Å². The van der Waals surface area contributed by atoms with E-state index in [0.29, 0.717) is 16.9 Å². The molecule has 3 N–H and O–H groups in total. The van der Waals surface area contributed by atoms with E-state index in [2.05, 4.69) is 15.3 Å². The molecular weight excluding hydrogens is 420 g/mol. The summed E-state index contributed by atoms with van der Waals surface area (Å²) >= 11 is 2.36. The predicted octanol–water partition coefficient (Wildman–Crippen LogP) is 3.57. The number of ether oxygens (including phenoxy) is 3. The summed E-state index contributed by atoms with van der Waals surface area (Å²) in [6.07, 6.45) is -0.604. The number of carbonyl (C=O) groups excluding carboxylic acids is 3. The van der Waals surface area contributed by atoms with Crippen LogP contribution >= 0.6 is 22.7 Å². The van der Waals surface area contributed by atoms with Gasteiger partial charge in [0, 0.05) is 10.8 Å². The third-order valence-electron chi connectivity index (χ3n) is 2.60. The Balaban J connectivity index is 0.000000326. The predicted molar refractivity (Wildman–Crippen MR) is 110 cm³/mol. The summed E-state index contributed by atoms with van der Waals surface area (Å²) in [5.74, 6) is -0.925. The first-order chi connectivity index (χ1) is 13.6. The van der Waals surface area contributed by atoms with Crippen molar-refractivity contribution in [3.8, 4) is 0 Å². The lowest BCUT2D eigenvalue weighted by Gasteiger charge is -2.18. The van der Waals surface area contributed by atoms with Crippen LogP contribution in [0.2, 0.25) is 0 Å². The highest BCUT2D eigenvalue weighted by Gasteiger charge is 2.18. The van der Waals surface area contributed by atoms with Gasteiger partial charge in [0.2, 0.25) is 0 Å². The van der Waals surface area contributed by atoms with E-state index in [-0.39, 0.29) is 18.0 Å². The van der Waals surface area contributed by atoms with E-state index in [4.69, 9.17) is 19.9 Å². The molecule has 0 saturated heterocycles. The molecule has 0 aromatic carbocycles. The molecule has 0 atom stereocenters. The van der Waals surface area contributed by atoms with E-state index in [1.165, 1.54) is 16.7 Å². The fraction of sp³-hybridized carbons (Fsp3) is 0.471. The minimum atomic E-state index is -0.604. The van der Waals surface area contributed by atoms with Crippen LogP contribution in [-0.4, -0.2) is 46.8 Å². The van der Waals surface area contributed by atoms with Crippen molar-refractivity contribution in [1.82, 2.24) is 9.97 Å². The number of thiazole rings is 2. The Hall–Kier alpha value is -2.73. The van der Waals surface area contributed by atoms with Crippen molar-refractivity contribution in [3.05, 3.63) is 22.1 Å². The Bertz CT molecular complexity index is 828. The second-order valence-corrected chi connectivity index (χ2v) is 7.92. The maximum Gasteiger partial charge on any atom is 0.413 e. The molecule has 0 bridgehead atoms. The number of nitrogens with zero attached hydrogens (tertiary/aromatic N) is 2. The van der Waals surface area contributed by atoms with Gasteiger partial charge in [0.05, 0.1) is 13.2 Å². The number of amides is 1. The zero-order valence-corrected chi connectivity index (χ0v) is 18.4. The van der Waals surface area contributed by atoms with Gasteiger partial charge in [-0.2, -0.15) is 0 Å². The number of hydrogen-bond acceptors (Lipinski definition) is 11. The molecule has 0 aliphatic carbocycles. The van der Waals surface area contributed by atoms with Gasteiger partial charge in [-0.15, -0.1) is 22.7 Å². The number of carbonyl (C=O) groups is 3. The van der Waals surface area contributed by atoms with Crippen LogP contribution in [0.15, 0.2) is 10.8 Å². The lowest BCUT2D eigenvalue weighted by molar-refractivity contribution is 0.0511. The van der Waals surface area contributed by atoms with Gasteiger partial charge in [0.15, 0.2) is 21.7 Å². The first kappa shape index (κ1) is 24.3. The molecule has 2 aromatic rings. The second-order valence-electron chi connectivity index (χ2n) is 6.18. The van der Waals surface area contributed by atoms with Crippen molar-refractivity contribution in [1.29, 1.82) is 0 Å². The van der Waals surface area contributed by atoms with E-state index >= 15 is 0 Å². The van der Waals surface area contributed by atoms with Gasteiger partial charge in [-0.1, -0.05) is 0 Å². The average Bonchev–Trinajstić information content (AvgIpc) is 3.23. The molecule has 0 radical (unpaired) electrons. The van der Waals surface area contributed by atoms with Crippen LogP contribution in [0, 0.1) is 0 Å². The van der Waals surface area contributed by atoms with Gasteiger partial charge in [0.25, 0.3) is 0 Å². The topological polar surface area (TPSA) is 143 Å². The van der Waals surface area contributed by atoms with E-state index in [1.807, 2.05) is 0 Å². The number of nitrogen functional groups attached to an aromatic ring is 1. The molecule has 0 unspecified atom stereocenters. The average molecular weight is 445 g/mol. The van der Waals surface area contributed by atoms with Crippen LogP contribution in [0.4, 0.5) is 15.1 Å². The molecule has 0 aliphatic heterocycles. The summed E-state index contributed by atoms with van der Waals surface area (Å²) < 4.78 is 14.5. The highest BCUT2D eigenvalue weighted by atomic mass is 32.1. The minimum absolute atomic E-state index is 0.174. The molecule has 0 spiro atoms. The molecule has 29 heavy (non-hydrogen) atoms. The minimum Gasteiger partial charge on any atom is -0.461 e. The summed E-state index contributed by atoms with van der Waals surface area (Å²) in [6.45, 7) is 9.38. The van der Waals surface area contributed by atoms with Crippen LogP contribution in [0.25, 0.3) is 0 Å². The van der Waals surface area contributed by atoms with Crippen LogP contribution < -0.4 is 11.1 Å². The summed E-state index contributed by atoms with van der Waals surface area (Å²) in [5.41, 5.74) is 5.19. The molecule has 1 amide bonds. The SMILES string of the molecule is CCOC(=O)c1csc(N)n1.CCOC(=O)c1csc(NC(=O)OC(C)(C)C)n1. The number of hydrogen-bond donors (Lipinski definition) is 2. The Morgan fingerprint density at radius 1 is 1.00 bits per heavy atom. The highest BCUT2D eigenvalue weighted by molar-refractivity contribution is 7.14. The normalized spacial score (nSPS) is 10.4. The van der Waals surface area contributed by atoms with E-state index in [1.54, 1.807) is 40.0 Å². The lowest BCUT2D eigenvalue weighted by atomic mass is 10.2. The van der Waals surface area contributed by atoms with Crippen molar-refractivity contribution >= 4 is 51.0 Å². The Morgan fingerprint density at radius 3 is 1.97 bits per heavy atom. The zero-order valence-electron chi connectivity index (χ0n) is 16.8. The number of esters is 2. The molecule has 0 fully saturated rings. The highest BCUT2D eigenvalue weighted by Crippen LogP contribution is 2.17. The Morgan fingerprint density at radius 2 is 1.52 bits per heavy atom. The van der Waals surface area contributed by atoms with Crippen molar-refractivity contribution in [2.75, 3.05) is 24.3 Å². The van der Waals surface area contributed by atoms with Gasteiger partial charge < -0.3 is 19.9 Å². The first-order valence-corrected chi connectivity index (χ1v) is 10.3. The number of anilines is 2. The molecule has 0 saturated carbocycles. The standard InChI is InChI=1S/C11H16N2O4S.C6H8N2O2S/c1-5-16-8(14)7-6-18-9(12-7)13-10(15)17-11(2,3)4;1-2-10-5(9)4-3-11-6(7)8-4/h6H,5H2,1-4H3,(H,12,13,15);3H,2H2,1H3,(H2,7,8). The third kappa shape index (κ3) is 9.34. The maximum absolute atomic E-state index is 11.5. The van der Waals surface area contributed by atoms with Gasteiger partial charge in [-0.25, -0.2) is 24.4 Å². The summed E-state index contributed by atoms with van der Waals surface area (Å²) in [4.78, 5) is 41.4. The molecule has 10 nitrogen and oxygen atoms in total. The maximum atomic E-state index is 11.5. The molecule has 2 heterocycles. The quantitative estimate of drug-likeness (QED) is 0.522. The van der Waals surface area contributed by atoms with E-state index < -0.39 is 23.6 Å². The molecule has 160 valence electrons. The summed E-state index contributed by atoms with van der Waals surface area (Å²) in [7, 11) is 0. The lowest BCUT2D eigenvalue weighted by Crippen LogP contribution is -2.27. The van der Waals surface area contributed by atoms with Crippen LogP contribution in [0.1, 0.15) is 55.6 Å². The zero-order chi connectivity index (χ0) is 22.0. The molecule has 0 aliphatic rings. The van der Waals surface area contributed by atoms with Crippen molar-refractivity contribution in [2.45, 2.75) is 40.2 Å². The van der Waals surface area contributed by atoms with Crippen molar-refractivity contribution in [2.24, 2.45) is 0 Å². The Labute approximate surface area is 176 Å². The smallest absolute Gasteiger partial charge is 0.413 e. The summed E-state index contributed by atoms with van der Waals surface area (Å²) in [5, 5.41) is 6.23. The second kappa shape index (κ2) is 11.3. The van der Waals surface area contributed by atoms with Gasteiger partial charge in [0.1, 0.15) is 5.60 Å². The fourth-order valence-electron chi connectivity index (χ4n) is 1.61. The van der Waals surface area contributed by atoms with Crippen molar-refractivity contribution in [3.63, 3.8) is 0 Å². The molecule has 12 heteroatoms. The van der Waals surface area contributed by atoms with Crippen LogP contribution in [0.5, 0.6) is 0 Å². The molecular formula is C17H24N4O6S2.